The van der Waals surface area contributed by atoms with E-state index in [1.807, 2.05) is 0 Å². The van der Waals surface area contributed by atoms with Crippen LogP contribution in [-0.4, -0.2) is 26.3 Å². The molecule has 2 unspecified atom stereocenters. The summed E-state index contributed by atoms with van der Waals surface area (Å²) in [5.74, 6) is 0. The predicted molar refractivity (Wildman–Crippen MR) is 43.3 cm³/mol. The molecule has 1 heterocycles. The van der Waals surface area contributed by atoms with Gasteiger partial charge in [-0.2, -0.15) is 0 Å². The van der Waals surface area contributed by atoms with Crippen LogP contribution < -0.4 is 0 Å². The second-order valence-electron chi connectivity index (χ2n) is 2.55. The van der Waals surface area contributed by atoms with Gasteiger partial charge in [0.1, 0.15) is 6.10 Å². The molecule has 0 fully saturated rings. The Morgan fingerprint density at radius 2 is 2.17 bits per heavy atom. The lowest BCUT2D eigenvalue weighted by Crippen LogP contribution is -2.18. The molecule has 0 bridgehead atoms. The number of aliphatic hydroxyl groups excluding tert-OH is 2. The summed E-state index contributed by atoms with van der Waals surface area (Å²) in [6, 6.07) is 0. The summed E-state index contributed by atoms with van der Waals surface area (Å²) in [5.41, 5.74) is 0.409. The monoisotopic (exact) mass is 168 g/mol. The summed E-state index contributed by atoms with van der Waals surface area (Å²) >= 11 is 0. The standard InChI is InChI=1S/C8H12N2O2/c1-2-7(11)8(12)6-5-9-3-4-10-6/h3-5,7-8,11-12H,2H2,1H3. The van der Waals surface area contributed by atoms with Crippen molar-refractivity contribution in [3.8, 4) is 0 Å². The van der Waals surface area contributed by atoms with Gasteiger partial charge in [-0.15, -0.1) is 0 Å². The van der Waals surface area contributed by atoms with E-state index in [4.69, 9.17) is 0 Å². The molecule has 1 aromatic rings. The van der Waals surface area contributed by atoms with Crippen molar-refractivity contribution >= 4 is 0 Å². The molecule has 0 radical (unpaired) electrons. The maximum Gasteiger partial charge on any atom is 0.123 e. The van der Waals surface area contributed by atoms with Crippen LogP contribution in [0.25, 0.3) is 0 Å². The van der Waals surface area contributed by atoms with Gasteiger partial charge in [0.15, 0.2) is 0 Å². The fourth-order valence-corrected chi connectivity index (χ4v) is 0.884. The van der Waals surface area contributed by atoms with Crippen LogP contribution in [0.4, 0.5) is 0 Å². The van der Waals surface area contributed by atoms with Crippen molar-refractivity contribution in [3.05, 3.63) is 24.3 Å². The largest absolute Gasteiger partial charge is 0.390 e. The van der Waals surface area contributed by atoms with Crippen molar-refractivity contribution < 1.29 is 10.2 Å². The minimum Gasteiger partial charge on any atom is -0.390 e. The van der Waals surface area contributed by atoms with E-state index >= 15 is 0 Å². The molecule has 66 valence electrons. The third-order valence-corrected chi connectivity index (χ3v) is 1.67. The topological polar surface area (TPSA) is 66.2 Å². The van der Waals surface area contributed by atoms with E-state index < -0.39 is 12.2 Å². The molecule has 12 heavy (non-hydrogen) atoms. The van der Waals surface area contributed by atoms with Crippen molar-refractivity contribution in [2.45, 2.75) is 25.6 Å². The highest BCUT2D eigenvalue weighted by molar-refractivity contribution is 5.00. The molecule has 4 heteroatoms. The van der Waals surface area contributed by atoms with Gasteiger partial charge in [-0.1, -0.05) is 6.92 Å². The van der Waals surface area contributed by atoms with Crippen molar-refractivity contribution in [2.75, 3.05) is 0 Å². The molecule has 0 aliphatic rings. The lowest BCUT2D eigenvalue weighted by molar-refractivity contribution is 0.0137. The first kappa shape index (κ1) is 9.09. The smallest absolute Gasteiger partial charge is 0.123 e. The summed E-state index contributed by atoms with van der Waals surface area (Å²) in [6.45, 7) is 1.80. The summed E-state index contributed by atoms with van der Waals surface area (Å²) in [5, 5.41) is 18.7. The Bertz CT molecular complexity index is 228. The minimum atomic E-state index is -0.927. The Morgan fingerprint density at radius 3 is 2.67 bits per heavy atom. The maximum absolute atomic E-state index is 9.44. The second-order valence-corrected chi connectivity index (χ2v) is 2.55. The molecule has 0 saturated carbocycles. The van der Waals surface area contributed by atoms with Crippen LogP contribution in [0.3, 0.4) is 0 Å². The summed E-state index contributed by atoms with van der Waals surface area (Å²) in [4.78, 5) is 7.66. The maximum atomic E-state index is 9.44. The Labute approximate surface area is 70.9 Å². The molecule has 0 aliphatic carbocycles. The van der Waals surface area contributed by atoms with Gasteiger partial charge in [-0.25, -0.2) is 0 Å². The predicted octanol–water partition coefficient (Wildman–Crippen LogP) is 0.281. The van der Waals surface area contributed by atoms with E-state index in [0.717, 1.165) is 0 Å². The summed E-state index contributed by atoms with van der Waals surface area (Å²) < 4.78 is 0. The quantitative estimate of drug-likeness (QED) is 0.680. The molecule has 1 aromatic heterocycles. The van der Waals surface area contributed by atoms with Crippen molar-refractivity contribution in [3.63, 3.8) is 0 Å². The zero-order chi connectivity index (χ0) is 8.97. The number of rotatable bonds is 3. The second kappa shape index (κ2) is 4.13. The number of nitrogens with zero attached hydrogens (tertiary/aromatic N) is 2. The van der Waals surface area contributed by atoms with Gasteiger partial charge >= 0.3 is 0 Å². The third-order valence-electron chi connectivity index (χ3n) is 1.67. The van der Waals surface area contributed by atoms with Gasteiger partial charge in [0, 0.05) is 12.4 Å². The van der Waals surface area contributed by atoms with Crippen LogP contribution in [0, 0.1) is 0 Å². The SMILES string of the molecule is CCC(O)C(O)c1cnccn1. The van der Waals surface area contributed by atoms with E-state index in [1.165, 1.54) is 18.6 Å². The van der Waals surface area contributed by atoms with Crippen LogP contribution in [0.15, 0.2) is 18.6 Å². The highest BCUT2D eigenvalue weighted by atomic mass is 16.3. The number of aromatic nitrogens is 2. The first-order valence-electron chi connectivity index (χ1n) is 3.87. The molecule has 0 aromatic carbocycles. The van der Waals surface area contributed by atoms with Crippen LogP contribution in [0.2, 0.25) is 0 Å². The highest BCUT2D eigenvalue weighted by Gasteiger charge is 2.17. The average Bonchev–Trinajstić information content (AvgIpc) is 2.17. The number of aliphatic hydroxyl groups is 2. The molecule has 0 spiro atoms. The zero-order valence-electron chi connectivity index (χ0n) is 6.88. The molecule has 2 atom stereocenters. The van der Waals surface area contributed by atoms with Crippen molar-refractivity contribution in [1.82, 2.24) is 9.97 Å². The lowest BCUT2D eigenvalue weighted by atomic mass is 10.1. The average molecular weight is 168 g/mol. The van der Waals surface area contributed by atoms with Gasteiger partial charge in [0.25, 0.3) is 0 Å². The Balaban J connectivity index is 2.71. The van der Waals surface area contributed by atoms with Crippen molar-refractivity contribution in [1.29, 1.82) is 0 Å². The molecule has 0 aliphatic heterocycles. The van der Waals surface area contributed by atoms with Gasteiger partial charge in [0.2, 0.25) is 0 Å². The molecule has 2 N–H and O–H groups in total. The molecular weight excluding hydrogens is 156 g/mol. The van der Waals surface area contributed by atoms with Crippen LogP contribution in [0.1, 0.15) is 25.1 Å². The van der Waals surface area contributed by atoms with E-state index in [1.54, 1.807) is 6.92 Å². The van der Waals surface area contributed by atoms with Gasteiger partial charge in [-0.3, -0.25) is 9.97 Å². The zero-order valence-corrected chi connectivity index (χ0v) is 6.88. The third kappa shape index (κ3) is 1.99. The molecular formula is C8H12N2O2. The Hall–Kier alpha value is -1.00. The Morgan fingerprint density at radius 1 is 1.42 bits per heavy atom. The summed E-state index contributed by atoms with van der Waals surface area (Å²) in [6.07, 6.45) is 3.27. The Kier molecular flexibility index (Phi) is 3.13. The van der Waals surface area contributed by atoms with Crippen LogP contribution in [0.5, 0.6) is 0 Å². The first-order valence-corrected chi connectivity index (χ1v) is 3.87. The molecule has 4 nitrogen and oxygen atoms in total. The van der Waals surface area contributed by atoms with E-state index in [2.05, 4.69) is 9.97 Å². The van der Waals surface area contributed by atoms with Crippen LogP contribution in [-0.2, 0) is 0 Å². The van der Waals surface area contributed by atoms with Crippen molar-refractivity contribution in [2.24, 2.45) is 0 Å². The van der Waals surface area contributed by atoms with Crippen LogP contribution >= 0.6 is 0 Å². The van der Waals surface area contributed by atoms with E-state index in [0.29, 0.717) is 12.1 Å². The van der Waals surface area contributed by atoms with Gasteiger partial charge in [0.05, 0.1) is 18.0 Å². The molecule has 1 rings (SSSR count). The summed E-state index contributed by atoms with van der Waals surface area (Å²) in [7, 11) is 0. The number of hydrogen-bond acceptors (Lipinski definition) is 4. The fraction of sp³-hybridized carbons (Fsp3) is 0.500. The first-order chi connectivity index (χ1) is 5.75. The lowest BCUT2D eigenvalue weighted by Gasteiger charge is -2.14. The van der Waals surface area contributed by atoms with E-state index in [-0.39, 0.29) is 0 Å². The molecule has 0 amide bonds. The number of hydrogen-bond donors (Lipinski definition) is 2. The molecule has 0 saturated heterocycles. The fourth-order valence-electron chi connectivity index (χ4n) is 0.884. The minimum absolute atomic E-state index is 0.409. The van der Waals surface area contributed by atoms with E-state index in [9.17, 15) is 10.2 Å². The normalized spacial score (nSPS) is 15.6. The highest BCUT2D eigenvalue weighted by Crippen LogP contribution is 2.14. The van der Waals surface area contributed by atoms with Gasteiger partial charge in [-0.05, 0) is 6.42 Å². The van der Waals surface area contributed by atoms with Gasteiger partial charge < -0.3 is 10.2 Å².